The van der Waals surface area contributed by atoms with E-state index in [0.29, 0.717) is 37.9 Å². The van der Waals surface area contributed by atoms with Gasteiger partial charge in [0, 0.05) is 106 Å². The number of piperidine rings is 2. The van der Waals surface area contributed by atoms with E-state index >= 15 is 14.0 Å². The van der Waals surface area contributed by atoms with E-state index in [9.17, 15) is 39.6 Å². The van der Waals surface area contributed by atoms with Crippen molar-refractivity contribution in [2.45, 2.75) is 142 Å². The monoisotopic (exact) mass is 1150 g/mol. The molecule has 1 aromatic heterocycles. The summed E-state index contributed by atoms with van der Waals surface area (Å²) in [5.41, 5.74) is -1.62. The predicted molar refractivity (Wildman–Crippen MR) is 306 cm³/mol. The van der Waals surface area contributed by atoms with Crippen LogP contribution >= 0.6 is 0 Å². The summed E-state index contributed by atoms with van der Waals surface area (Å²) in [5.74, 6) is -10.4. The molecular weight excluding hydrogens is 1070 g/mol. The van der Waals surface area contributed by atoms with Gasteiger partial charge in [0.15, 0.2) is 11.6 Å². The number of ketones is 3. The SMILES string of the molecule is C=C(O)c1cn(C2CC2)c2c(OC)c(N3CCCC(NC4CCN(C5=C6NC(=O)/C(C)=C\C=C\[C@H](C)[C@H](O)[C@@H](C)[C@@H](O)[C@@H](C)[C@H](OC(C)=O)[C@H](C)[C@@H](OC)/C=C/O[C@@]7(C)Oc8c(C)c(O)c(c(c8C7=O)C5=O)C6=O)CC4)C3)c(F)cc2c1=O. The van der Waals surface area contributed by atoms with Crippen molar-refractivity contribution in [3.8, 4) is 17.2 Å². The summed E-state index contributed by atoms with van der Waals surface area (Å²) in [6.45, 7) is 17.2. The minimum Gasteiger partial charge on any atom is -0.508 e. The third-order valence-corrected chi connectivity index (χ3v) is 17.6. The molecule has 2 aromatic carbocycles. The van der Waals surface area contributed by atoms with Crippen molar-refractivity contribution in [2.75, 3.05) is 45.3 Å². The van der Waals surface area contributed by atoms with Crippen LogP contribution in [0.1, 0.15) is 135 Å². The quantitative estimate of drug-likeness (QED) is 0.0930. The van der Waals surface area contributed by atoms with Gasteiger partial charge in [-0.3, -0.25) is 28.8 Å². The summed E-state index contributed by atoms with van der Waals surface area (Å²) in [7, 11) is 2.86. The molecule has 1 unspecified atom stereocenters. The number of ether oxygens (including phenoxy) is 5. The molecule has 7 aliphatic rings. The Morgan fingerprint density at radius 1 is 0.892 bits per heavy atom. The highest BCUT2D eigenvalue weighted by molar-refractivity contribution is 6.32. The first-order chi connectivity index (χ1) is 39.3. The highest BCUT2D eigenvalue weighted by atomic mass is 19.1. The normalized spacial score (nSPS) is 29.9. The van der Waals surface area contributed by atoms with Crippen molar-refractivity contribution in [1.29, 1.82) is 0 Å². The maximum Gasteiger partial charge on any atom is 0.312 e. The molecule has 6 heterocycles. The first-order valence-corrected chi connectivity index (χ1v) is 28.5. The van der Waals surface area contributed by atoms with Gasteiger partial charge in [-0.15, -0.1) is 0 Å². The number of allylic oxidation sites excluding steroid dienone is 4. The Bertz CT molecular complexity index is 3350. The molecule has 20 nitrogen and oxygen atoms in total. The van der Waals surface area contributed by atoms with E-state index in [1.54, 1.807) is 50.9 Å². The lowest BCUT2D eigenvalue weighted by Crippen LogP contribution is -2.53. The average Bonchev–Trinajstić information content (AvgIpc) is 2.00. The molecule has 0 radical (unpaired) electrons. The Kier molecular flexibility index (Phi) is 17.2. The molecule has 3 fully saturated rings. The Hall–Kier alpha value is -7.33. The van der Waals surface area contributed by atoms with Gasteiger partial charge in [0.2, 0.25) is 17.0 Å². The Labute approximate surface area is 481 Å². The number of nitrogens with zero attached hydrogens (tertiary/aromatic N) is 3. The maximum atomic E-state index is 16.5. The standard InChI is InChI=1S/C62H76FN5O15/c1-29-14-12-15-30(2)61(78)65-47-50(66-23-19-37(20-24-66)64-38-16-13-22-67(27-38)49-42(63)26-40-48(59(49)80-11)68(39-17-18-39)28-41(35(7)69)54(40)74)56(76)44-45(55(47)75)53(73)34(6)58-46(44)60(77)62(9,83-58)81-25-21-43(79-10)31(3)57(82-36(8)70)33(5)52(72)32(4)51(29)71/h12,14-15,21,25-26,28-29,31-33,37-39,43,51-52,57,64,69,71-73H,7,13,16-20,22-24,27H2,1-6,8-11H3,(H,65,78)/b14-12+,25-21+,30-15-/t29-,31+,32+,33+,38?,43-,51-,52+,57+,62-/m0/s1. The number of aromatic nitrogens is 1. The number of phenols is 1. The third-order valence-electron chi connectivity index (χ3n) is 17.6. The molecule has 5 bridgehead atoms. The van der Waals surface area contributed by atoms with Crippen LogP contribution in [-0.4, -0.2) is 142 Å². The number of aliphatic hydroxyl groups excluding tert-OH is 3. The van der Waals surface area contributed by atoms with Gasteiger partial charge in [-0.05, 0) is 64.5 Å². The number of likely N-dealkylation sites (tertiary alicyclic amines) is 1. The van der Waals surface area contributed by atoms with E-state index in [1.807, 2.05) is 9.47 Å². The number of nitrogens with one attached hydrogen (secondary N) is 2. The summed E-state index contributed by atoms with van der Waals surface area (Å²) in [6.07, 6.45) is 8.81. The Morgan fingerprint density at radius 2 is 1.59 bits per heavy atom. The lowest BCUT2D eigenvalue weighted by molar-refractivity contribution is -0.160. The van der Waals surface area contributed by atoms with Crippen molar-refractivity contribution in [3.63, 3.8) is 0 Å². The number of phenolic OH excluding ortho intramolecular Hbond substituents is 1. The number of fused-ring (bicyclic) bond motifs is 15. The van der Waals surface area contributed by atoms with Crippen molar-refractivity contribution in [1.82, 2.24) is 20.1 Å². The van der Waals surface area contributed by atoms with Crippen molar-refractivity contribution in [2.24, 2.45) is 23.7 Å². The summed E-state index contributed by atoms with van der Waals surface area (Å²) in [4.78, 5) is 89.3. The molecule has 446 valence electrons. The first-order valence-electron chi connectivity index (χ1n) is 28.5. The molecule has 1 amide bonds. The van der Waals surface area contributed by atoms with Gasteiger partial charge in [-0.2, -0.15) is 0 Å². The average molecular weight is 1150 g/mol. The number of aliphatic hydroxyl groups is 3. The van der Waals surface area contributed by atoms with Crippen LogP contribution < -0.4 is 30.4 Å². The van der Waals surface area contributed by atoms with Crippen molar-refractivity contribution in [3.05, 3.63) is 110 Å². The highest BCUT2D eigenvalue weighted by Crippen LogP contribution is 2.50. The van der Waals surface area contributed by atoms with Gasteiger partial charge in [0.1, 0.15) is 40.4 Å². The van der Waals surface area contributed by atoms with Gasteiger partial charge in [-0.1, -0.05) is 52.5 Å². The van der Waals surface area contributed by atoms with E-state index in [4.69, 9.17) is 23.7 Å². The Balaban J connectivity index is 1.03. The molecular formula is C62H76FN5O15. The summed E-state index contributed by atoms with van der Waals surface area (Å²) in [6, 6.07) is 0.983. The number of esters is 1. The van der Waals surface area contributed by atoms with E-state index in [1.165, 1.54) is 66.4 Å². The second-order valence-corrected chi connectivity index (χ2v) is 23.3. The van der Waals surface area contributed by atoms with Crippen LogP contribution in [0.4, 0.5) is 10.1 Å². The number of methoxy groups -OCH3 is 2. The number of rotatable bonds is 9. The number of aromatic hydroxyl groups is 1. The van der Waals surface area contributed by atoms with Crippen LogP contribution in [-0.2, 0) is 23.8 Å². The number of Topliss-reactive ketones (excluding diaryl/α,β-unsaturated/α-hetero) is 3. The van der Waals surface area contributed by atoms with Crippen LogP contribution in [0.3, 0.4) is 0 Å². The molecule has 10 rings (SSSR count). The molecule has 5 aliphatic heterocycles. The predicted octanol–water partition coefficient (Wildman–Crippen LogP) is 7.01. The molecule has 10 atom stereocenters. The molecule has 2 aliphatic carbocycles. The third kappa shape index (κ3) is 11.2. The molecule has 3 aromatic rings. The van der Waals surface area contributed by atoms with Gasteiger partial charge in [-0.25, -0.2) is 4.39 Å². The van der Waals surface area contributed by atoms with Crippen LogP contribution in [0.2, 0.25) is 0 Å². The lowest BCUT2D eigenvalue weighted by atomic mass is 9.78. The number of carbonyl (C=O) groups excluding carboxylic acids is 5. The van der Waals surface area contributed by atoms with Gasteiger partial charge >= 0.3 is 11.8 Å². The number of pyridine rings is 1. The number of amides is 1. The van der Waals surface area contributed by atoms with Gasteiger partial charge in [0.05, 0.1) is 64.8 Å². The maximum absolute atomic E-state index is 16.5. The zero-order chi connectivity index (χ0) is 60.3. The molecule has 0 spiro atoms. The minimum absolute atomic E-state index is 0.00662. The Morgan fingerprint density at radius 3 is 2.23 bits per heavy atom. The van der Waals surface area contributed by atoms with E-state index in [0.717, 1.165) is 19.3 Å². The zero-order valence-electron chi connectivity index (χ0n) is 48.7. The fraction of sp³-hybridized carbons (Fsp3) is 0.516. The molecule has 83 heavy (non-hydrogen) atoms. The summed E-state index contributed by atoms with van der Waals surface area (Å²) < 4.78 is 48.2. The molecule has 6 N–H and O–H groups in total. The fourth-order valence-corrected chi connectivity index (χ4v) is 12.7. The van der Waals surface area contributed by atoms with Crippen LogP contribution in [0.15, 0.2) is 71.2 Å². The highest BCUT2D eigenvalue weighted by Gasteiger charge is 2.53. The van der Waals surface area contributed by atoms with Crippen LogP contribution in [0, 0.1) is 36.4 Å². The van der Waals surface area contributed by atoms with E-state index in [-0.39, 0.29) is 81.7 Å². The zero-order valence-corrected chi connectivity index (χ0v) is 48.7. The van der Waals surface area contributed by atoms with Gasteiger partial charge in [0.25, 0.3) is 11.7 Å². The fourth-order valence-electron chi connectivity index (χ4n) is 12.7. The molecule has 1 saturated carbocycles. The van der Waals surface area contributed by atoms with Gasteiger partial charge < -0.3 is 69.1 Å². The molecule has 2 saturated heterocycles. The van der Waals surface area contributed by atoms with Crippen molar-refractivity contribution < 1.29 is 72.5 Å². The van der Waals surface area contributed by atoms with E-state index < -0.39 is 123 Å². The second-order valence-electron chi connectivity index (χ2n) is 23.3. The summed E-state index contributed by atoms with van der Waals surface area (Å²) in [5, 5.41) is 51.9. The van der Waals surface area contributed by atoms with Crippen molar-refractivity contribution >= 4 is 51.6 Å². The second kappa shape index (κ2) is 23.7. The minimum atomic E-state index is -2.15. The van der Waals surface area contributed by atoms with E-state index in [2.05, 4.69) is 17.2 Å². The largest absolute Gasteiger partial charge is 0.508 e. The van der Waals surface area contributed by atoms with Crippen LogP contribution in [0.25, 0.3) is 16.7 Å². The summed E-state index contributed by atoms with van der Waals surface area (Å²) >= 11 is 0. The lowest BCUT2D eigenvalue weighted by Gasteiger charge is -2.41. The number of carbonyl (C=O) groups is 5. The number of benzene rings is 2. The number of hydrogen-bond acceptors (Lipinski definition) is 18. The molecule has 21 heteroatoms. The number of hydrogen-bond donors (Lipinski definition) is 6. The number of anilines is 1. The first kappa shape index (κ1) is 60.3. The topological polar surface area (TPSA) is 265 Å². The smallest absolute Gasteiger partial charge is 0.312 e. The number of halogens is 1. The van der Waals surface area contributed by atoms with Crippen LogP contribution in [0.5, 0.6) is 17.2 Å².